The van der Waals surface area contributed by atoms with Gasteiger partial charge in [0.05, 0.1) is 19.5 Å². The van der Waals surface area contributed by atoms with Gasteiger partial charge in [-0.2, -0.15) is 0 Å². The molecule has 1 aromatic heterocycles. The number of rotatable bonds is 2. The summed E-state index contributed by atoms with van der Waals surface area (Å²) in [5, 5.41) is 10.1. The van der Waals surface area contributed by atoms with Crippen LogP contribution < -0.4 is 4.74 Å². The molecule has 1 aromatic carbocycles. The molecule has 0 bridgehead atoms. The summed E-state index contributed by atoms with van der Waals surface area (Å²) in [6.07, 6.45) is 4.76. The highest BCUT2D eigenvalue weighted by atomic mass is 35.6. The highest BCUT2D eigenvalue weighted by Crippen LogP contribution is 2.42. The van der Waals surface area contributed by atoms with E-state index in [1.54, 1.807) is 49.8 Å². The second kappa shape index (κ2) is 8.04. The monoisotopic (exact) mass is 331 g/mol. The number of halogens is 3. The van der Waals surface area contributed by atoms with Crippen molar-refractivity contribution in [3.05, 3.63) is 54.4 Å². The number of alkyl halides is 3. The van der Waals surface area contributed by atoms with Crippen molar-refractivity contribution < 1.29 is 4.74 Å². The van der Waals surface area contributed by atoms with Gasteiger partial charge in [0.15, 0.2) is 0 Å². The number of hydrogen-bond donors (Lipinski definition) is 0. The molecule has 0 saturated carbocycles. The highest BCUT2D eigenvalue weighted by Gasteiger charge is 2.26. The zero-order valence-corrected chi connectivity index (χ0v) is 12.9. The molecule has 0 aliphatic heterocycles. The summed E-state index contributed by atoms with van der Waals surface area (Å²) in [4.78, 5) is 0. The molecule has 0 aliphatic carbocycles. The molecule has 106 valence electrons. The van der Waals surface area contributed by atoms with Crippen molar-refractivity contribution in [2.45, 2.75) is 3.79 Å². The number of hydrogen-bond acceptors (Lipinski definition) is 4. The van der Waals surface area contributed by atoms with Crippen molar-refractivity contribution in [3.63, 3.8) is 0 Å². The molecule has 2 rings (SSSR count). The van der Waals surface area contributed by atoms with Crippen LogP contribution in [0.2, 0.25) is 0 Å². The summed E-state index contributed by atoms with van der Waals surface area (Å²) >= 11 is 17.4. The van der Waals surface area contributed by atoms with E-state index >= 15 is 0 Å². The fourth-order valence-electron chi connectivity index (χ4n) is 1.38. The third kappa shape index (κ3) is 4.96. The van der Waals surface area contributed by atoms with Gasteiger partial charge in [-0.1, -0.05) is 59.6 Å². The van der Waals surface area contributed by atoms with Crippen LogP contribution >= 0.6 is 34.8 Å². The predicted octanol–water partition coefficient (Wildman–Crippen LogP) is 4.04. The smallest absolute Gasteiger partial charge is 0.216 e. The van der Waals surface area contributed by atoms with E-state index in [-0.39, 0.29) is 0 Å². The summed E-state index contributed by atoms with van der Waals surface area (Å²) in [6, 6.07) is 7.00. The third-order valence-corrected chi connectivity index (χ3v) is 2.82. The maximum Gasteiger partial charge on any atom is 0.216 e. The third-order valence-electron chi connectivity index (χ3n) is 2.20. The summed E-state index contributed by atoms with van der Waals surface area (Å²) in [7, 11) is 1.56. The molecule has 1 heterocycles. The Labute approximate surface area is 132 Å². The Balaban J connectivity index is 0.000000276. The Morgan fingerprint density at radius 1 is 1.15 bits per heavy atom. The lowest BCUT2D eigenvalue weighted by Crippen LogP contribution is -2.04. The van der Waals surface area contributed by atoms with Crippen LogP contribution in [0.4, 0.5) is 0 Å². The van der Waals surface area contributed by atoms with E-state index in [1.807, 2.05) is 0 Å². The van der Waals surface area contributed by atoms with Gasteiger partial charge in [0.1, 0.15) is 5.75 Å². The van der Waals surface area contributed by atoms with Gasteiger partial charge in [0.2, 0.25) is 3.79 Å². The van der Waals surface area contributed by atoms with E-state index in [9.17, 15) is 0 Å². The summed E-state index contributed by atoms with van der Waals surface area (Å²) in [5.74, 6) is 0.642. The van der Waals surface area contributed by atoms with Gasteiger partial charge >= 0.3 is 0 Å². The summed E-state index contributed by atoms with van der Waals surface area (Å²) in [5.41, 5.74) is 1.27. The van der Waals surface area contributed by atoms with Crippen molar-refractivity contribution >= 4 is 40.9 Å². The first-order valence-corrected chi connectivity index (χ1v) is 6.59. The molecule has 4 nitrogen and oxygen atoms in total. The minimum Gasteiger partial charge on any atom is -0.496 e. The van der Waals surface area contributed by atoms with Crippen molar-refractivity contribution in [3.8, 4) is 5.75 Å². The molecule has 0 fully saturated rings. The average molecular weight is 333 g/mol. The fourth-order valence-corrected chi connectivity index (χ4v) is 1.88. The molecule has 0 saturated heterocycles. The summed E-state index contributed by atoms with van der Waals surface area (Å²) in [6.45, 7) is 3.66. The largest absolute Gasteiger partial charge is 0.496 e. The molecule has 0 aliphatic rings. The SMILES string of the molecule is C=Cc1c(OC)cccc1C(Cl)(Cl)Cl.c1cnnnc1. The maximum atomic E-state index is 5.80. The van der Waals surface area contributed by atoms with Gasteiger partial charge in [0, 0.05) is 11.1 Å². The second-order valence-corrected chi connectivity index (χ2v) is 5.72. The van der Waals surface area contributed by atoms with Crippen molar-refractivity contribution in [2.75, 3.05) is 7.11 Å². The van der Waals surface area contributed by atoms with Crippen LogP contribution in [0.1, 0.15) is 11.1 Å². The van der Waals surface area contributed by atoms with Gasteiger partial charge < -0.3 is 4.74 Å². The van der Waals surface area contributed by atoms with Crippen LogP contribution in [0, 0.1) is 0 Å². The molecule has 0 radical (unpaired) electrons. The van der Waals surface area contributed by atoms with Gasteiger partial charge in [-0.25, -0.2) is 0 Å². The standard InChI is InChI=1S/C10H9Cl3O.C3H3N3/c1-3-7-8(10(11,12)13)5-4-6-9(7)14-2;1-2-4-6-5-3-1/h3-6H,1H2,2H3;1-3H. The van der Waals surface area contributed by atoms with Crippen molar-refractivity contribution in [2.24, 2.45) is 0 Å². The lowest BCUT2D eigenvalue weighted by atomic mass is 10.1. The van der Waals surface area contributed by atoms with E-state index in [0.717, 1.165) is 0 Å². The zero-order valence-electron chi connectivity index (χ0n) is 10.6. The Morgan fingerprint density at radius 3 is 2.15 bits per heavy atom. The van der Waals surface area contributed by atoms with Gasteiger partial charge in [-0.3, -0.25) is 0 Å². The molecular weight excluding hydrogens is 321 g/mol. The Hall–Kier alpha value is -1.36. The Morgan fingerprint density at radius 2 is 1.80 bits per heavy atom. The van der Waals surface area contributed by atoms with Gasteiger partial charge in [-0.15, -0.1) is 10.2 Å². The van der Waals surface area contributed by atoms with Gasteiger partial charge in [-0.05, 0) is 17.3 Å². The van der Waals surface area contributed by atoms with E-state index in [2.05, 4.69) is 22.0 Å². The molecule has 2 aromatic rings. The minimum absolute atomic E-state index is 0.567. The number of aromatic nitrogens is 3. The van der Waals surface area contributed by atoms with Crippen molar-refractivity contribution in [1.29, 1.82) is 0 Å². The average Bonchev–Trinajstić information content (AvgIpc) is 2.47. The number of benzene rings is 1. The fraction of sp³-hybridized carbons (Fsp3) is 0.154. The van der Waals surface area contributed by atoms with Gasteiger partial charge in [0.25, 0.3) is 0 Å². The Bertz CT molecular complexity index is 518. The topological polar surface area (TPSA) is 47.9 Å². The molecule has 0 atom stereocenters. The van der Waals surface area contributed by atoms with E-state index in [4.69, 9.17) is 39.5 Å². The lowest BCUT2D eigenvalue weighted by molar-refractivity contribution is 0.413. The second-order valence-electron chi connectivity index (χ2n) is 3.43. The van der Waals surface area contributed by atoms with Crippen LogP contribution in [0.15, 0.2) is 43.2 Å². The molecule has 0 amide bonds. The zero-order chi connectivity index (χ0) is 15.0. The van der Waals surface area contributed by atoms with E-state index in [1.165, 1.54) is 0 Å². The molecule has 20 heavy (non-hydrogen) atoms. The van der Waals surface area contributed by atoms with Crippen LogP contribution in [0.25, 0.3) is 6.08 Å². The number of nitrogens with zero attached hydrogens (tertiary/aromatic N) is 3. The molecule has 0 N–H and O–H groups in total. The van der Waals surface area contributed by atoms with Crippen molar-refractivity contribution in [1.82, 2.24) is 15.4 Å². The quantitative estimate of drug-likeness (QED) is 0.779. The number of ether oxygens (including phenoxy) is 1. The van der Waals surface area contributed by atoms with E-state index in [0.29, 0.717) is 16.9 Å². The first-order valence-electron chi connectivity index (χ1n) is 5.45. The Kier molecular flexibility index (Phi) is 6.71. The minimum atomic E-state index is -1.46. The molecule has 0 spiro atoms. The van der Waals surface area contributed by atoms with Crippen LogP contribution in [0.3, 0.4) is 0 Å². The van der Waals surface area contributed by atoms with Crippen LogP contribution in [0.5, 0.6) is 5.75 Å². The lowest BCUT2D eigenvalue weighted by Gasteiger charge is -2.16. The highest BCUT2D eigenvalue weighted by molar-refractivity contribution is 6.66. The predicted molar refractivity (Wildman–Crippen MR) is 82.1 cm³/mol. The number of methoxy groups -OCH3 is 1. The molecule has 0 unspecified atom stereocenters. The molecular formula is C13H12Cl3N3O. The first-order chi connectivity index (χ1) is 9.50. The van der Waals surface area contributed by atoms with Crippen LogP contribution in [-0.2, 0) is 3.79 Å². The maximum absolute atomic E-state index is 5.80. The normalized spacial score (nSPS) is 10.2. The first kappa shape index (κ1) is 16.7. The van der Waals surface area contributed by atoms with E-state index < -0.39 is 3.79 Å². The molecule has 7 heteroatoms. The van der Waals surface area contributed by atoms with Crippen LogP contribution in [-0.4, -0.2) is 22.5 Å². The summed E-state index contributed by atoms with van der Waals surface area (Å²) < 4.78 is 3.66.